The molecule has 2 atom stereocenters. The monoisotopic (exact) mass is 347 g/mol. The van der Waals surface area contributed by atoms with Crippen LogP contribution >= 0.6 is 24.8 Å². The first-order valence-electron chi connectivity index (χ1n) is 7.37. The lowest BCUT2D eigenvalue weighted by molar-refractivity contribution is -0.122. The van der Waals surface area contributed by atoms with E-state index in [1.807, 2.05) is 32.3 Å². The van der Waals surface area contributed by atoms with Crippen LogP contribution in [0.3, 0.4) is 0 Å². The van der Waals surface area contributed by atoms with E-state index in [2.05, 4.69) is 27.7 Å². The van der Waals surface area contributed by atoms with E-state index in [0.717, 1.165) is 25.1 Å². The number of carbonyl (C=O) groups excluding carboxylic acids is 1. The number of nitrogens with zero attached hydrogens (tertiary/aromatic N) is 1. The fourth-order valence-corrected chi connectivity index (χ4v) is 2.69. The van der Waals surface area contributed by atoms with E-state index in [1.165, 1.54) is 6.42 Å². The minimum absolute atomic E-state index is 0. The van der Waals surface area contributed by atoms with Gasteiger partial charge in [0.1, 0.15) is 0 Å². The molecule has 1 amide bonds. The number of rotatable bonds is 6. The zero-order chi connectivity index (χ0) is 14.4. The summed E-state index contributed by atoms with van der Waals surface area (Å²) in [4.78, 5) is 14.3. The van der Waals surface area contributed by atoms with Gasteiger partial charge in [-0.3, -0.25) is 4.79 Å². The molecule has 1 heterocycles. The fourth-order valence-electron chi connectivity index (χ4n) is 2.69. The highest BCUT2D eigenvalue weighted by Crippen LogP contribution is 2.15. The van der Waals surface area contributed by atoms with Crippen LogP contribution in [0.1, 0.15) is 30.9 Å². The molecule has 0 aliphatic carbocycles. The molecular formula is C16H27Cl2N3O. The minimum atomic E-state index is 0. The molecule has 4 nitrogen and oxygen atoms in total. The first-order chi connectivity index (χ1) is 9.65. The Morgan fingerprint density at radius 1 is 1.32 bits per heavy atom. The van der Waals surface area contributed by atoms with Crippen molar-refractivity contribution in [2.75, 3.05) is 27.2 Å². The van der Waals surface area contributed by atoms with Gasteiger partial charge in [-0.15, -0.1) is 24.8 Å². The molecule has 0 bridgehead atoms. The van der Waals surface area contributed by atoms with Gasteiger partial charge >= 0.3 is 0 Å². The number of hydrogen-bond donors (Lipinski definition) is 2. The minimum Gasteiger partial charge on any atom is -0.348 e. The van der Waals surface area contributed by atoms with Crippen molar-refractivity contribution in [3.63, 3.8) is 0 Å². The lowest BCUT2D eigenvalue weighted by atomic mass is 10.1. The second kappa shape index (κ2) is 10.8. The van der Waals surface area contributed by atoms with Gasteiger partial charge in [-0.1, -0.05) is 30.3 Å². The first kappa shape index (κ1) is 21.2. The number of hydrogen-bond acceptors (Lipinski definition) is 3. The topological polar surface area (TPSA) is 44.4 Å². The summed E-state index contributed by atoms with van der Waals surface area (Å²) in [6, 6.07) is 10.6. The third kappa shape index (κ3) is 6.97. The van der Waals surface area contributed by atoms with Crippen molar-refractivity contribution in [3.05, 3.63) is 35.9 Å². The van der Waals surface area contributed by atoms with E-state index in [1.54, 1.807) is 0 Å². The summed E-state index contributed by atoms with van der Waals surface area (Å²) in [6.07, 6.45) is 2.87. The van der Waals surface area contributed by atoms with Crippen molar-refractivity contribution in [2.45, 2.75) is 31.3 Å². The van der Waals surface area contributed by atoms with Crippen LogP contribution in [0, 0.1) is 0 Å². The van der Waals surface area contributed by atoms with E-state index >= 15 is 0 Å². The van der Waals surface area contributed by atoms with Crippen LogP contribution in [0.2, 0.25) is 0 Å². The molecule has 0 radical (unpaired) electrons. The Bertz CT molecular complexity index is 423. The Morgan fingerprint density at radius 3 is 2.55 bits per heavy atom. The maximum atomic E-state index is 12.2. The number of benzene rings is 1. The number of carbonyl (C=O) groups is 1. The lowest BCUT2D eigenvalue weighted by Gasteiger charge is -2.23. The van der Waals surface area contributed by atoms with Crippen LogP contribution in [-0.4, -0.2) is 44.0 Å². The summed E-state index contributed by atoms with van der Waals surface area (Å²) in [5.74, 6) is 0.139. The summed E-state index contributed by atoms with van der Waals surface area (Å²) in [5.41, 5.74) is 1.16. The van der Waals surface area contributed by atoms with Gasteiger partial charge in [0.05, 0.1) is 6.04 Å². The molecule has 1 aromatic rings. The predicted octanol–water partition coefficient (Wildman–Crippen LogP) is 2.39. The molecule has 0 spiro atoms. The first-order valence-corrected chi connectivity index (χ1v) is 7.37. The summed E-state index contributed by atoms with van der Waals surface area (Å²) < 4.78 is 0. The molecule has 1 fully saturated rings. The van der Waals surface area contributed by atoms with Crippen LogP contribution < -0.4 is 10.6 Å². The van der Waals surface area contributed by atoms with Gasteiger partial charge in [0.25, 0.3) is 0 Å². The van der Waals surface area contributed by atoms with Gasteiger partial charge in [0.2, 0.25) is 5.91 Å². The highest BCUT2D eigenvalue weighted by atomic mass is 35.5. The van der Waals surface area contributed by atoms with Gasteiger partial charge in [0.15, 0.2) is 0 Å². The normalized spacial score (nSPS) is 18.2. The quantitative estimate of drug-likeness (QED) is 0.830. The molecule has 2 N–H and O–H groups in total. The van der Waals surface area contributed by atoms with E-state index < -0.39 is 0 Å². The van der Waals surface area contributed by atoms with E-state index in [4.69, 9.17) is 0 Å². The Hall–Kier alpha value is -0.810. The zero-order valence-corrected chi connectivity index (χ0v) is 14.9. The fraction of sp³-hybridized carbons (Fsp3) is 0.562. The van der Waals surface area contributed by atoms with Crippen molar-refractivity contribution in [1.82, 2.24) is 15.5 Å². The van der Waals surface area contributed by atoms with Gasteiger partial charge in [-0.25, -0.2) is 0 Å². The number of amides is 1. The van der Waals surface area contributed by atoms with Crippen LogP contribution in [0.15, 0.2) is 30.3 Å². The van der Waals surface area contributed by atoms with Crippen molar-refractivity contribution in [1.29, 1.82) is 0 Å². The molecule has 1 aromatic carbocycles. The molecule has 1 aliphatic rings. The molecule has 0 saturated carbocycles. The smallest absolute Gasteiger partial charge is 0.222 e. The van der Waals surface area contributed by atoms with Crippen molar-refractivity contribution in [3.8, 4) is 0 Å². The van der Waals surface area contributed by atoms with E-state index in [0.29, 0.717) is 12.5 Å². The third-order valence-corrected chi connectivity index (χ3v) is 3.68. The second-order valence-corrected chi connectivity index (χ2v) is 5.79. The Balaban J connectivity index is 0.00000220. The molecular weight excluding hydrogens is 321 g/mol. The predicted molar refractivity (Wildman–Crippen MR) is 96.0 cm³/mol. The standard InChI is InChI=1S/C16H25N3O.2ClH/c1-19(2)12-15(13-7-4-3-5-8-13)18-16(20)11-14-9-6-10-17-14;;/h3-5,7-8,14-15,17H,6,9-12H2,1-2H3,(H,18,20);2*1H. The van der Waals surface area contributed by atoms with Crippen LogP contribution in [0.25, 0.3) is 0 Å². The number of halogens is 2. The van der Waals surface area contributed by atoms with Gasteiger partial charge in [-0.2, -0.15) is 0 Å². The summed E-state index contributed by atoms with van der Waals surface area (Å²) in [6.45, 7) is 1.85. The molecule has 2 rings (SSSR count). The van der Waals surface area contributed by atoms with Gasteiger partial charge in [-0.05, 0) is 39.0 Å². The summed E-state index contributed by atoms with van der Waals surface area (Å²) in [5, 5.41) is 6.54. The zero-order valence-electron chi connectivity index (χ0n) is 13.2. The lowest BCUT2D eigenvalue weighted by Crippen LogP contribution is -2.38. The Morgan fingerprint density at radius 2 is 2.00 bits per heavy atom. The Labute approximate surface area is 145 Å². The summed E-state index contributed by atoms with van der Waals surface area (Å²) >= 11 is 0. The molecule has 126 valence electrons. The largest absolute Gasteiger partial charge is 0.348 e. The van der Waals surface area contributed by atoms with E-state index in [-0.39, 0.29) is 36.8 Å². The highest BCUT2D eigenvalue weighted by molar-refractivity contribution is 5.85. The second-order valence-electron chi connectivity index (χ2n) is 5.79. The summed E-state index contributed by atoms with van der Waals surface area (Å²) in [7, 11) is 4.06. The maximum absolute atomic E-state index is 12.2. The van der Waals surface area contributed by atoms with Crippen molar-refractivity contribution >= 4 is 30.7 Å². The van der Waals surface area contributed by atoms with Gasteiger partial charge in [0, 0.05) is 19.0 Å². The van der Waals surface area contributed by atoms with Crippen LogP contribution in [-0.2, 0) is 4.79 Å². The highest BCUT2D eigenvalue weighted by Gasteiger charge is 2.20. The average molecular weight is 348 g/mol. The molecule has 0 aromatic heterocycles. The molecule has 22 heavy (non-hydrogen) atoms. The maximum Gasteiger partial charge on any atom is 0.222 e. The molecule has 6 heteroatoms. The third-order valence-electron chi connectivity index (χ3n) is 3.68. The van der Waals surface area contributed by atoms with Gasteiger partial charge < -0.3 is 15.5 Å². The molecule has 2 unspecified atom stereocenters. The van der Waals surface area contributed by atoms with Crippen LogP contribution in [0.5, 0.6) is 0 Å². The van der Waals surface area contributed by atoms with E-state index in [9.17, 15) is 4.79 Å². The van der Waals surface area contributed by atoms with Crippen molar-refractivity contribution < 1.29 is 4.79 Å². The molecule has 1 saturated heterocycles. The Kier molecular flexibility index (Phi) is 10.4. The number of nitrogens with one attached hydrogen (secondary N) is 2. The number of likely N-dealkylation sites (N-methyl/N-ethyl adjacent to an activating group) is 1. The van der Waals surface area contributed by atoms with Crippen molar-refractivity contribution in [2.24, 2.45) is 0 Å². The van der Waals surface area contributed by atoms with Crippen LogP contribution in [0.4, 0.5) is 0 Å². The average Bonchev–Trinajstić information content (AvgIpc) is 2.91. The SMILES string of the molecule is CN(C)CC(NC(=O)CC1CCCN1)c1ccccc1.Cl.Cl. The molecule has 1 aliphatic heterocycles.